The minimum Gasteiger partial charge on any atom is -0.439 e. The second-order valence-corrected chi connectivity index (χ2v) is 9.54. The topological polar surface area (TPSA) is 57.1 Å². The van der Waals surface area contributed by atoms with Gasteiger partial charge in [0.2, 0.25) is 11.8 Å². The zero-order chi connectivity index (χ0) is 24.4. The van der Waals surface area contributed by atoms with Gasteiger partial charge in [0, 0.05) is 41.0 Å². The Balaban J connectivity index is 1.39. The van der Waals surface area contributed by atoms with Gasteiger partial charge in [-0.1, -0.05) is 51.1 Å². The van der Waals surface area contributed by atoms with E-state index in [-0.39, 0.29) is 5.41 Å². The van der Waals surface area contributed by atoms with E-state index in [0.29, 0.717) is 23.3 Å². The van der Waals surface area contributed by atoms with E-state index < -0.39 is 0 Å². The van der Waals surface area contributed by atoms with Crippen molar-refractivity contribution in [1.29, 1.82) is 0 Å². The predicted molar refractivity (Wildman–Crippen MR) is 139 cm³/mol. The molecule has 0 atom stereocenters. The molecule has 3 aromatic heterocycles. The zero-order valence-electron chi connectivity index (χ0n) is 20.3. The number of hydrogen-bond donors (Lipinski definition) is 0. The van der Waals surface area contributed by atoms with Crippen LogP contribution in [0.2, 0.25) is 0 Å². The van der Waals surface area contributed by atoms with E-state index >= 15 is 0 Å². The van der Waals surface area contributed by atoms with E-state index in [0.717, 1.165) is 33.4 Å². The highest BCUT2D eigenvalue weighted by molar-refractivity contribution is 5.81. The largest absolute Gasteiger partial charge is 0.439 e. The Labute approximate surface area is 205 Å². The Hall–Kier alpha value is -4.25. The van der Waals surface area contributed by atoms with Crippen LogP contribution in [0, 0.1) is 6.92 Å². The van der Waals surface area contributed by atoms with Gasteiger partial charge in [0.25, 0.3) is 0 Å². The van der Waals surface area contributed by atoms with Crippen LogP contribution in [-0.2, 0) is 5.41 Å². The maximum absolute atomic E-state index is 6.13. The van der Waals surface area contributed by atoms with Crippen molar-refractivity contribution < 1.29 is 9.47 Å². The van der Waals surface area contributed by atoms with Crippen LogP contribution < -0.4 is 9.47 Å². The number of nitrogens with zero attached hydrogens (tertiary/aromatic N) is 3. The summed E-state index contributed by atoms with van der Waals surface area (Å²) in [5.41, 5.74) is 4.81. The van der Waals surface area contributed by atoms with Gasteiger partial charge in [0.05, 0.1) is 11.2 Å². The van der Waals surface area contributed by atoms with Gasteiger partial charge in [-0.3, -0.25) is 0 Å². The minimum absolute atomic E-state index is 0.0143. The molecule has 174 valence electrons. The lowest BCUT2D eigenvalue weighted by atomic mass is 9.88. The molecule has 0 fully saturated rings. The average molecular weight is 462 g/mol. The first-order valence-electron chi connectivity index (χ1n) is 11.6. The number of aromatic nitrogens is 3. The second-order valence-electron chi connectivity index (χ2n) is 9.54. The van der Waals surface area contributed by atoms with Gasteiger partial charge in [-0.2, -0.15) is 0 Å². The van der Waals surface area contributed by atoms with Crippen molar-refractivity contribution >= 4 is 10.9 Å². The fourth-order valence-corrected chi connectivity index (χ4v) is 3.84. The molecule has 3 heterocycles. The van der Waals surface area contributed by atoms with Crippen LogP contribution in [0.1, 0.15) is 32.0 Å². The van der Waals surface area contributed by atoms with Crippen LogP contribution in [0.3, 0.4) is 0 Å². The van der Waals surface area contributed by atoms with Gasteiger partial charge in [0.15, 0.2) is 0 Å². The van der Waals surface area contributed by atoms with Crippen molar-refractivity contribution in [1.82, 2.24) is 15.0 Å². The van der Waals surface area contributed by atoms with E-state index in [1.165, 1.54) is 0 Å². The Morgan fingerprint density at radius 2 is 1.46 bits per heavy atom. The lowest BCUT2D eigenvalue weighted by molar-refractivity contribution is 0.440. The van der Waals surface area contributed by atoms with Crippen molar-refractivity contribution in [3.8, 4) is 34.5 Å². The number of aryl methyl sites for hydroxylation is 1. The molecule has 0 spiro atoms. The Bertz CT molecular complexity index is 1510. The first-order chi connectivity index (χ1) is 16.8. The first kappa shape index (κ1) is 22.5. The molecule has 0 radical (unpaired) electrons. The predicted octanol–water partition coefficient (Wildman–Crippen LogP) is 7.88. The smallest absolute Gasteiger partial charge is 0.220 e. The SMILES string of the molecule is Cc1cc(-c2ccc3ccccc3n2)cc(Oc2cccc(Oc3cc(C(C)(C)C)ccn3)c2)n1. The Kier molecular flexibility index (Phi) is 5.91. The summed E-state index contributed by atoms with van der Waals surface area (Å²) in [4.78, 5) is 13.7. The maximum atomic E-state index is 6.13. The van der Waals surface area contributed by atoms with Gasteiger partial charge in [-0.15, -0.1) is 0 Å². The zero-order valence-corrected chi connectivity index (χ0v) is 20.3. The number of benzene rings is 2. The Morgan fingerprint density at radius 3 is 2.26 bits per heavy atom. The molecule has 0 saturated carbocycles. The summed E-state index contributed by atoms with van der Waals surface area (Å²) in [6, 6.07) is 27.6. The van der Waals surface area contributed by atoms with Crippen LogP contribution in [0.25, 0.3) is 22.2 Å². The van der Waals surface area contributed by atoms with Crippen LogP contribution in [0.5, 0.6) is 23.3 Å². The van der Waals surface area contributed by atoms with Crippen molar-refractivity contribution in [2.24, 2.45) is 0 Å². The molecule has 5 rings (SSSR count). The molecular weight excluding hydrogens is 434 g/mol. The quantitative estimate of drug-likeness (QED) is 0.266. The van der Waals surface area contributed by atoms with Crippen LogP contribution in [0.15, 0.2) is 91.1 Å². The molecule has 5 aromatic rings. The summed E-state index contributed by atoms with van der Waals surface area (Å²) in [5.74, 6) is 2.32. The summed E-state index contributed by atoms with van der Waals surface area (Å²) in [7, 11) is 0. The third-order valence-electron chi connectivity index (χ3n) is 5.68. The summed E-state index contributed by atoms with van der Waals surface area (Å²) >= 11 is 0. The first-order valence-corrected chi connectivity index (χ1v) is 11.6. The normalized spacial score (nSPS) is 11.4. The van der Waals surface area contributed by atoms with Gasteiger partial charge >= 0.3 is 0 Å². The highest BCUT2D eigenvalue weighted by Gasteiger charge is 2.15. The van der Waals surface area contributed by atoms with Crippen molar-refractivity contribution in [3.05, 3.63) is 102 Å². The van der Waals surface area contributed by atoms with E-state index in [9.17, 15) is 0 Å². The molecule has 0 amide bonds. The molecule has 0 aliphatic carbocycles. The molecule has 5 nitrogen and oxygen atoms in total. The lowest BCUT2D eigenvalue weighted by Gasteiger charge is -2.19. The molecule has 0 aliphatic heterocycles. The summed E-state index contributed by atoms with van der Waals surface area (Å²) in [5, 5.41) is 1.11. The molecular formula is C30H27N3O2. The van der Waals surface area contributed by atoms with E-state index in [1.807, 2.05) is 79.7 Å². The number of pyridine rings is 3. The highest BCUT2D eigenvalue weighted by atomic mass is 16.5. The van der Waals surface area contributed by atoms with Crippen LogP contribution in [-0.4, -0.2) is 15.0 Å². The fourth-order valence-electron chi connectivity index (χ4n) is 3.84. The second kappa shape index (κ2) is 9.18. The molecule has 2 aromatic carbocycles. The molecule has 0 aliphatic rings. The minimum atomic E-state index is 0.0143. The van der Waals surface area contributed by atoms with Crippen molar-refractivity contribution in [3.63, 3.8) is 0 Å². The maximum Gasteiger partial charge on any atom is 0.220 e. The van der Waals surface area contributed by atoms with Crippen molar-refractivity contribution in [2.45, 2.75) is 33.1 Å². The Morgan fingerprint density at radius 1 is 0.686 bits per heavy atom. The number of ether oxygens (including phenoxy) is 2. The molecule has 35 heavy (non-hydrogen) atoms. The number of fused-ring (bicyclic) bond motifs is 1. The molecule has 0 bridgehead atoms. The van der Waals surface area contributed by atoms with E-state index in [2.05, 4.69) is 42.9 Å². The van der Waals surface area contributed by atoms with Gasteiger partial charge in [-0.05, 0) is 54.3 Å². The van der Waals surface area contributed by atoms with E-state index in [1.54, 1.807) is 6.20 Å². The van der Waals surface area contributed by atoms with Crippen LogP contribution in [0.4, 0.5) is 0 Å². The summed E-state index contributed by atoms with van der Waals surface area (Å²) in [6.07, 6.45) is 1.77. The number of rotatable bonds is 5. The molecule has 0 N–H and O–H groups in total. The fraction of sp³-hybridized carbons (Fsp3) is 0.167. The molecule has 5 heteroatoms. The van der Waals surface area contributed by atoms with Gasteiger partial charge in [0.1, 0.15) is 11.5 Å². The van der Waals surface area contributed by atoms with Gasteiger partial charge in [-0.25, -0.2) is 15.0 Å². The summed E-state index contributed by atoms with van der Waals surface area (Å²) in [6.45, 7) is 8.44. The van der Waals surface area contributed by atoms with Crippen LogP contribution >= 0.6 is 0 Å². The van der Waals surface area contributed by atoms with Crippen molar-refractivity contribution in [2.75, 3.05) is 0 Å². The van der Waals surface area contributed by atoms with Gasteiger partial charge < -0.3 is 9.47 Å². The molecule has 0 saturated heterocycles. The standard InChI is InChI=1S/C30H27N3O2/c1-20-16-22(27-13-12-21-8-5-6-11-26(21)33-27)17-29(32-20)35-25-10-7-9-24(19-25)34-28-18-23(14-15-31-28)30(2,3)4/h5-19H,1-4H3. The third kappa shape index (κ3) is 5.30. The number of para-hydroxylation sites is 1. The number of hydrogen-bond acceptors (Lipinski definition) is 5. The monoisotopic (exact) mass is 461 g/mol. The third-order valence-corrected chi connectivity index (χ3v) is 5.68. The van der Waals surface area contributed by atoms with E-state index in [4.69, 9.17) is 14.5 Å². The highest BCUT2D eigenvalue weighted by Crippen LogP contribution is 2.31. The molecule has 0 unspecified atom stereocenters. The summed E-state index contributed by atoms with van der Waals surface area (Å²) < 4.78 is 12.2. The lowest BCUT2D eigenvalue weighted by Crippen LogP contribution is -2.11. The average Bonchev–Trinajstić information content (AvgIpc) is 2.83.